The van der Waals surface area contributed by atoms with Gasteiger partial charge in [-0.2, -0.15) is 13.2 Å². The van der Waals surface area contributed by atoms with Crippen molar-refractivity contribution in [2.45, 2.75) is 44.8 Å². The van der Waals surface area contributed by atoms with Crippen LogP contribution in [0.5, 0.6) is 0 Å². The summed E-state index contributed by atoms with van der Waals surface area (Å²) < 4.78 is 38.1. The van der Waals surface area contributed by atoms with Gasteiger partial charge in [-0.3, -0.25) is 0 Å². The molecule has 0 unspecified atom stereocenters. The lowest BCUT2D eigenvalue weighted by molar-refractivity contribution is -0.137. The Balaban J connectivity index is 2.04. The Bertz CT molecular complexity index is 548. The molecule has 2 amide bonds. The largest absolute Gasteiger partial charge is 0.416 e. The molecule has 7 heteroatoms. The summed E-state index contributed by atoms with van der Waals surface area (Å²) in [6.07, 6.45) is -0.379. The van der Waals surface area contributed by atoms with E-state index in [1.807, 2.05) is 0 Å². The number of hydrogen-bond donors (Lipinski definition) is 2. The van der Waals surface area contributed by atoms with E-state index in [0.717, 1.165) is 43.9 Å². The fourth-order valence-corrected chi connectivity index (χ4v) is 2.82. The van der Waals surface area contributed by atoms with Gasteiger partial charge >= 0.3 is 12.2 Å². The molecule has 0 heterocycles. The number of nitrogens with one attached hydrogen (secondary N) is 2. The van der Waals surface area contributed by atoms with Crippen LogP contribution in [0.25, 0.3) is 0 Å². The first-order chi connectivity index (χ1) is 10.3. The van der Waals surface area contributed by atoms with Crippen molar-refractivity contribution in [3.8, 4) is 0 Å². The molecular weight excluding hydrogens is 317 g/mol. The number of anilines is 1. The third-order valence-electron chi connectivity index (χ3n) is 3.97. The molecule has 3 nitrogen and oxygen atoms in total. The third-order valence-corrected chi connectivity index (χ3v) is 4.30. The molecule has 1 aromatic carbocycles. The minimum absolute atomic E-state index is 0.0401. The SMILES string of the molecule is C[C@H]1CCCC[C@@H]1NC(=O)Nc1cc(C(F)(F)F)ccc1Cl. The lowest BCUT2D eigenvalue weighted by Gasteiger charge is -2.29. The van der Waals surface area contributed by atoms with E-state index in [9.17, 15) is 18.0 Å². The highest BCUT2D eigenvalue weighted by Gasteiger charge is 2.31. The van der Waals surface area contributed by atoms with Crippen molar-refractivity contribution >= 4 is 23.3 Å². The van der Waals surface area contributed by atoms with E-state index in [2.05, 4.69) is 17.6 Å². The smallest absolute Gasteiger partial charge is 0.335 e. The number of halogens is 4. The van der Waals surface area contributed by atoms with Crippen LogP contribution in [0.2, 0.25) is 5.02 Å². The Kier molecular flexibility index (Phi) is 5.21. The van der Waals surface area contributed by atoms with E-state index in [0.29, 0.717) is 5.92 Å². The van der Waals surface area contributed by atoms with Gasteiger partial charge in [0.15, 0.2) is 0 Å². The van der Waals surface area contributed by atoms with Crippen LogP contribution in [-0.2, 0) is 6.18 Å². The summed E-state index contributed by atoms with van der Waals surface area (Å²) in [5.74, 6) is 0.358. The predicted molar refractivity (Wildman–Crippen MR) is 80.0 cm³/mol. The van der Waals surface area contributed by atoms with Gasteiger partial charge in [-0.15, -0.1) is 0 Å². The zero-order valence-electron chi connectivity index (χ0n) is 12.1. The van der Waals surface area contributed by atoms with E-state index in [4.69, 9.17) is 11.6 Å². The van der Waals surface area contributed by atoms with E-state index >= 15 is 0 Å². The molecule has 1 aliphatic rings. The van der Waals surface area contributed by atoms with E-state index in [-0.39, 0.29) is 16.8 Å². The number of amides is 2. The summed E-state index contributed by atoms with van der Waals surface area (Å²) in [6, 6.07) is 2.36. The second-order valence-corrected chi connectivity index (χ2v) is 6.07. The van der Waals surface area contributed by atoms with Crippen molar-refractivity contribution in [3.05, 3.63) is 28.8 Å². The molecule has 1 aliphatic carbocycles. The monoisotopic (exact) mass is 334 g/mol. The van der Waals surface area contributed by atoms with Crippen LogP contribution >= 0.6 is 11.6 Å². The van der Waals surface area contributed by atoms with Crippen molar-refractivity contribution in [1.82, 2.24) is 5.32 Å². The van der Waals surface area contributed by atoms with E-state index < -0.39 is 17.8 Å². The van der Waals surface area contributed by atoms with Crippen molar-refractivity contribution in [3.63, 3.8) is 0 Å². The van der Waals surface area contributed by atoms with Gasteiger partial charge in [0.2, 0.25) is 0 Å². The topological polar surface area (TPSA) is 41.1 Å². The summed E-state index contributed by atoms with van der Waals surface area (Å²) in [4.78, 5) is 12.0. The molecule has 0 aromatic heterocycles. The fourth-order valence-electron chi connectivity index (χ4n) is 2.65. The number of carbonyl (C=O) groups is 1. The van der Waals surface area contributed by atoms with Crippen molar-refractivity contribution in [2.24, 2.45) is 5.92 Å². The van der Waals surface area contributed by atoms with Crippen molar-refractivity contribution in [2.75, 3.05) is 5.32 Å². The number of alkyl halides is 3. The van der Waals surface area contributed by atoms with Crippen LogP contribution in [0.4, 0.5) is 23.7 Å². The third kappa shape index (κ3) is 4.29. The molecule has 1 aromatic rings. The fraction of sp³-hybridized carbons (Fsp3) is 0.533. The van der Waals surface area contributed by atoms with Crippen LogP contribution in [0.15, 0.2) is 18.2 Å². The highest BCUT2D eigenvalue weighted by Crippen LogP contribution is 2.33. The van der Waals surface area contributed by atoms with Gasteiger partial charge in [-0.25, -0.2) is 4.79 Å². The van der Waals surface area contributed by atoms with Gasteiger partial charge in [0, 0.05) is 6.04 Å². The van der Waals surface area contributed by atoms with Gasteiger partial charge in [0.1, 0.15) is 0 Å². The van der Waals surface area contributed by atoms with Crippen LogP contribution < -0.4 is 10.6 Å². The standard InChI is InChI=1S/C15H18ClF3N2O/c1-9-4-2-3-5-12(9)20-14(22)21-13-8-10(15(17,18)19)6-7-11(13)16/h6-9,12H,2-5H2,1H3,(H2,20,21,22)/t9-,12-/m0/s1. The Morgan fingerprint density at radius 3 is 2.59 bits per heavy atom. The second-order valence-electron chi connectivity index (χ2n) is 5.66. The molecule has 1 fully saturated rings. The molecule has 1 saturated carbocycles. The summed E-state index contributed by atoms with van der Waals surface area (Å²) >= 11 is 5.85. The maximum Gasteiger partial charge on any atom is 0.416 e. The first-order valence-electron chi connectivity index (χ1n) is 7.21. The van der Waals surface area contributed by atoms with Gasteiger partial charge in [0.05, 0.1) is 16.3 Å². The van der Waals surface area contributed by atoms with E-state index in [1.54, 1.807) is 0 Å². The van der Waals surface area contributed by atoms with Gasteiger partial charge < -0.3 is 10.6 Å². The minimum atomic E-state index is -4.48. The highest BCUT2D eigenvalue weighted by atomic mass is 35.5. The van der Waals surface area contributed by atoms with Crippen LogP contribution in [0.1, 0.15) is 38.2 Å². The summed E-state index contributed by atoms with van der Waals surface area (Å²) in [6.45, 7) is 2.06. The summed E-state index contributed by atoms with van der Waals surface area (Å²) in [5.41, 5.74) is -0.893. The Morgan fingerprint density at radius 2 is 1.95 bits per heavy atom. The van der Waals surface area contributed by atoms with Crippen molar-refractivity contribution < 1.29 is 18.0 Å². The molecule has 0 aliphatic heterocycles. The molecule has 0 spiro atoms. The molecular formula is C15H18ClF3N2O. The number of carbonyl (C=O) groups excluding carboxylic acids is 1. The number of benzene rings is 1. The molecule has 0 bridgehead atoms. The maximum absolute atomic E-state index is 12.7. The zero-order chi connectivity index (χ0) is 16.3. The lowest BCUT2D eigenvalue weighted by Crippen LogP contribution is -2.43. The Labute approximate surface area is 132 Å². The number of rotatable bonds is 2. The number of hydrogen-bond acceptors (Lipinski definition) is 1. The normalized spacial score (nSPS) is 22.2. The number of urea groups is 1. The highest BCUT2D eigenvalue weighted by molar-refractivity contribution is 6.33. The molecule has 0 saturated heterocycles. The van der Waals surface area contributed by atoms with Crippen LogP contribution in [0, 0.1) is 5.92 Å². The molecule has 2 rings (SSSR count). The van der Waals surface area contributed by atoms with Crippen LogP contribution in [-0.4, -0.2) is 12.1 Å². The second kappa shape index (κ2) is 6.77. The first kappa shape index (κ1) is 16.9. The predicted octanol–water partition coefficient (Wildman–Crippen LogP) is 5.06. The van der Waals surface area contributed by atoms with Crippen LogP contribution in [0.3, 0.4) is 0 Å². The van der Waals surface area contributed by atoms with E-state index in [1.165, 1.54) is 0 Å². The van der Waals surface area contributed by atoms with Crippen molar-refractivity contribution in [1.29, 1.82) is 0 Å². The molecule has 22 heavy (non-hydrogen) atoms. The molecule has 0 radical (unpaired) electrons. The van der Waals surface area contributed by atoms with Gasteiger partial charge in [-0.1, -0.05) is 31.4 Å². The summed E-state index contributed by atoms with van der Waals surface area (Å²) in [7, 11) is 0. The van der Waals surface area contributed by atoms with Gasteiger partial charge in [-0.05, 0) is 37.0 Å². The Morgan fingerprint density at radius 1 is 1.27 bits per heavy atom. The average Bonchev–Trinajstić information content (AvgIpc) is 2.42. The summed E-state index contributed by atoms with van der Waals surface area (Å²) in [5, 5.41) is 5.29. The average molecular weight is 335 g/mol. The quantitative estimate of drug-likeness (QED) is 0.780. The molecule has 2 N–H and O–H groups in total. The zero-order valence-corrected chi connectivity index (χ0v) is 12.9. The first-order valence-corrected chi connectivity index (χ1v) is 7.59. The molecule has 122 valence electrons. The lowest BCUT2D eigenvalue weighted by atomic mass is 9.86. The van der Waals surface area contributed by atoms with Gasteiger partial charge in [0.25, 0.3) is 0 Å². The maximum atomic E-state index is 12.7. The minimum Gasteiger partial charge on any atom is -0.335 e. The Hall–Kier alpha value is -1.43. The molecule has 2 atom stereocenters.